The third-order valence-electron chi connectivity index (χ3n) is 3.73. The first kappa shape index (κ1) is 16.7. The zero-order valence-corrected chi connectivity index (χ0v) is 15.1. The predicted molar refractivity (Wildman–Crippen MR) is 105 cm³/mol. The molecule has 3 rings (SSSR count). The van der Waals surface area contributed by atoms with E-state index in [1.54, 1.807) is 35.9 Å². The number of rotatable bonds is 4. The standard InChI is InChI=1S/C18H18N4S2/c1-23-17-11(5-3-7-21-17)13-9-14(16(20)10-15(13)19)12-6-4-8-22-18(12)24-2/h3-10H,19-20H2,1-2H3. The van der Waals surface area contributed by atoms with Crippen molar-refractivity contribution in [3.8, 4) is 22.3 Å². The fourth-order valence-corrected chi connectivity index (χ4v) is 3.75. The Morgan fingerprint density at radius 1 is 0.708 bits per heavy atom. The van der Waals surface area contributed by atoms with E-state index in [4.69, 9.17) is 11.5 Å². The quantitative estimate of drug-likeness (QED) is 0.533. The van der Waals surface area contributed by atoms with E-state index in [1.807, 2.05) is 48.9 Å². The normalized spacial score (nSPS) is 10.8. The number of thioether (sulfide) groups is 2. The minimum atomic E-state index is 0.647. The van der Waals surface area contributed by atoms with Gasteiger partial charge in [0.2, 0.25) is 0 Å². The van der Waals surface area contributed by atoms with Crippen LogP contribution in [0.3, 0.4) is 0 Å². The fourth-order valence-electron chi connectivity index (χ4n) is 2.62. The highest BCUT2D eigenvalue weighted by atomic mass is 32.2. The molecule has 3 aromatic rings. The lowest BCUT2D eigenvalue weighted by molar-refractivity contribution is 1.14. The first-order chi connectivity index (χ1) is 11.7. The maximum Gasteiger partial charge on any atom is 0.104 e. The summed E-state index contributed by atoms with van der Waals surface area (Å²) in [6.45, 7) is 0. The van der Waals surface area contributed by atoms with Gasteiger partial charge >= 0.3 is 0 Å². The summed E-state index contributed by atoms with van der Waals surface area (Å²) in [6.07, 6.45) is 7.59. The zero-order valence-electron chi connectivity index (χ0n) is 13.5. The molecule has 0 bridgehead atoms. The Morgan fingerprint density at radius 2 is 1.17 bits per heavy atom. The third kappa shape index (κ3) is 3.07. The number of nitrogens with two attached hydrogens (primary N) is 2. The summed E-state index contributed by atoms with van der Waals surface area (Å²) in [5.74, 6) is 0. The topological polar surface area (TPSA) is 77.8 Å². The Bertz CT molecular complexity index is 812. The van der Waals surface area contributed by atoms with Gasteiger partial charge in [0, 0.05) is 46.0 Å². The molecule has 0 unspecified atom stereocenters. The van der Waals surface area contributed by atoms with Crippen molar-refractivity contribution >= 4 is 34.9 Å². The van der Waals surface area contributed by atoms with Crippen molar-refractivity contribution in [1.82, 2.24) is 9.97 Å². The van der Waals surface area contributed by atoms with Crippen molar-refractivity contribution in [3.63, 3.8) is 0 Å². The van der Waals surface area contributed by atoms with E-state index < -0.39 is 0 Å². The van der Waals surface area contributed by atoms with Gasteiger partial charge in [-0.1, -0.05) is 12.1 Å². The Hall–Kier alpha value is -2.18. The molecule has 2 aromatic heterocycles. The summed E-state index contributed by atoms with van der Waals surface area (Å²) in [6, 6.07) is 11.8. The van der Waals surface area contributed by atoms with Crippen LogP contribution >= 0.6 is 23.5 Å². The van der Waals surface area contributed by atoms with Gasteiger partial charge in [0.25, 0.3) is 0 Å². The van der Waals surface area contributed by atoms with Crippen LogP contribution in [0.5, 0.6) is 0 Å². The molecule has 0 radical (unpaired) electrons. The van der Waals surface area contributed by atoms with Crippen molar-refractivity contribution in [3.05, 3.63) is 48.8 Å². The minimum absolute atomic E-state index is 0.647. The Labute approximate surface area is 150 Å². The largest absolute Gasteiger partial charge is 0.398 e. The van der Waals surface area contributed by atoms with E-state index in [0.29, 0.717) is 11.4 Å². The van der Waals surface area contributed by atoms with Crippen LogP contribution in [0.1, 0.15) is 0 Å². The predicted octanol–water partition coefficient (Wildman–Crippen LogP) is 4.42. The molecule has 122 valence electrons. The molecular formula is C18H18N4S2. The van der Waals surface area contributed by atoms with Crippen LogP contribution in [-0.2, 0) is 0 Å². The molecule has 0 saturated heterocycles. The lowest BCUT2D eigenvalue weighted by Gasteiger charge is -2.15. The minimum Gasteiger partial charge on any atom is -0.398 e. The number of benzene rings is 1. The second-order valence-electron chi connectivity index (χ2n) is 5.15. The summed E-state index contributed by atoms with van der Waals surface area (Å²) >= 11 is 3.20. The van der Waals surface area contributed by atoms with E-state index in [1.165, 1.54) is 0 Å². The molecule has 2 heterocycles. The van der Waals surface area contributed by atoms with E-state index in [-0.39, 0.29) is 0 Å². The molecular weight excluding hydrogens is 336 g/mol. The number of nitrogens with zero attached hydrogens (tertiary/aromatic N) is 2. The Kier molecular flexibility index (Phi) is 4.97. The highest BCUT2D eigenvalue weighted by Gasteiger charge is 2.15. The van der Waals surface area contributed by atoms with Crippen molar-refractivity contribution < 1.29 is 0 Å². The molecule has 1 aromatic carbocycles. The highest BCUT2D eigenvalue weighted by Crippen LogP contribution is 2.40. The van der Waals surface area contributed by atoms with Gasteiger partial charge in [-0.3, -0.25) is 0 Å². The molecule has 0 aliphatic rings. The van der Waals surface area contributed by atoms with Crippen LogP contribution in [-0.4, -0.2) is 22.5 Å². The Balaban J connectivity index is 2.24. The molecule has 0 amide bonds. The van der Waals surface area contributed by atoms with Crippen LogP contribution in [0.4, 0.5) is 11.4 Å². The molecule has 0 spiro atoms. The van der Waals surface area contributed by atoms with Gasteiger partial charge < -0.3 is 11.5 Å². The molecule has 0 aliphatic carbocycles. The monoisotopic (exact) mass is 354 g/mol. The van der Waals surface area contributed by atoms with Crippen molar-refractivity contribution in [2.24, 2.45) is 0 Å². The second-order valence-corrected chi connectivity index (χ2v) is 6.74. The van der Waals surface area contributed by atoms with Crippen LogP contribution in [0.25, 0.3) is 22.3 Å². The number of pyridine rings is 2. The number of nitrogen functional groups attached to an aromatic ring is 2. The van der Waals surface area contributed by atoms with Crippen molar-refractivity contribution in [2.75, 3.05) is 24.0 Å². The fraction of sp³-hybridized carbons (Fsp3) is 0.111. The average molecular weight is 355 g/mol. The smallest absolute Gasteiger partial charge is 0.104 e. The lowest BCUT2D eigenvalue weighted by Crippen LogP contribution is -1.99. The van der Waals surface area contributed by atoms with Crippen molar-refractivity contribution in [1.29, 1.82) is 0 Å². The van der Waals surface area contributed by atoms with Crippen LogP contribution < -0.4 is 11.5 Å². The van der Waals surface area contributed by atoms with E-state index in [2.05, 4.69) is 9.97 Å². The molecule has 0 fully saturated rings. The summed E-state index contributed by atoms with van der Waals surface area (Å²) < 4.78 is 0. The molecule has 0 saturated carbocycles. The van der Waals surface area contributed by atoms with Gasteiger partial charge in [-0.2, -0.15) is 0 Å². The number of hydrogen-bond donors (Lipinski definition) is 2. The summed E-state index contributed by atoms with van der Waals surface area (Å²) in [7, 11) is 0. The first-order valence-electron chi connectivity index (χ1n) is 7.33. The molecule has 0 atom stereocenters. The molecule has 4 nitrogen and oxygen atoms in total. The van der Waals surface area contributed by atoms with E-state index >= 15 is 0 Å². The van der Waals surface area contributed by atoms with Crippen molar-refractivity contribution in [2.45, 2.75) is 10.1 Å². The molecule has 4 N–H and O–H groups in total. The van der Waals surface area contributed by atoms with Crippen LogP contribution in [0.2, 0.25) is 0 Å². The van der Waals surface area contributed by atoms with Gasteiger partial charge in [-0.05, 0) is 36.8 Å². The summed E-state index contributed by atoms with van der Waals surface area (Å²) in [5.41, 5.74) is 17.7. The van der Waals surface area contributed by atoms with Gasteiger partial charge in [0.05, 0.1) is 0 Å². The summed E-state index contributed by atoms with van der Waals surface area (Å²) in [5, 5.41) is 1.88. The SMILES string of the molecule is CSc1ncccc1-c1cc(-c2cccnc2SC)c(N)cc1N. The maximum absolute atomic E-state index is 6.26. The van der Waals surface area contributed by atoms with Gasteiger partial charge in [0.1, 0.15) is 10.1 Å². The summed E-state index contributed by atoms with van der Waals surface area (Å²) in [4.78, 5) is 8.87. The van der Waals surface area contributed by atoms with Gasteiger partial charge in [-0.25, -0.2) is 9.97 Å². The molecule has 24 heavy (non-hydrogen) atoms. The maximum atomic E-state index is 6.26. The Morgan fingerprint density at radius 3 is 1.58 bits per heavy atom. The first-order valence-corrected chi connectivity index (χ1v) is 9.78. The average Bonchev–Trinajstić information content (AvgIpc) is 2.62. The zero-order chi connectivity index (χ0) is 17.1. The number of aromatic nitrogens is 2. The number of hydrogen-bond acceptors (Lipinski definition) is 6. The molecule has 6 heteroatoms. The van der Waals surface area contributed by atoms with Gasteiger partial charge in [-0.15, -0.1) is 23.5 Å². The van der Waals surface area contributed by atoms with Crippen LogP contribution in [0.15, 0.2) is 58.8 Å². The van der Waals surface area contributed by atoms with E-state index in [0.717, 1.165) is 32.3 Å². The third-order valence-corrected chi connectivity index (χ3v) is 5.16. The van der Waals surface area contributed by atoms with Gasteiger partial charge in [0.15, 0.2) is 0 Å². The second kappa shape index (κ2) is 7.15. The lowest BCUT2D eigenvalue weighted by atomic mass is 9.97. The van der Waals surface area contributed by atoms with Crippen LogP contribution in [0, 0.1) is 0 Å². The molecule has 0 aliphatic heterocycles. The number of anilines is 2. The van der Waals surface area contributed by atoms with E-state index in [9.17, 15) is 0 Å². The highest BCUT2D eigenvalue weighted by molar-refractivity contribution is 7.98.